The number of benzene rings is 2. The third kappa shape index (κ3) is 4.38. The lowest BCUT2D eigenvalue weighted by Crippen LogP contribution is -2.13. The smallest absolute Gasteiger partial charge is 0.269 e. The number of non-ortho nitro benzene ring substituents is 1. The molecule has 0 radical (unpaired) electrons. The first-order valence-electron chi connectivity index (χ1n) is 9.51. The van der Waals surface area contributed by atoms with Gasteiger partial charge in [0, 0.05) is 33.7 Å². The van der Waals surface area contributed by atoms with E-state index in [2.05, 4.69) is 11.1 Å². The van der Waals surface area contributed by atoms with Crippen molar-refractivity contribution in [1.29, 1.82) is 5.26 Å². The van der Waals surface area contributed by atoms with Gasteiger partial charge in [0.05, 0.1) is 10.6 Å². The lowest BCUT2D eigenvalue weighted by molar-refractivity contribution is -0.384. The summed E-state index contributed by atoms with van der Waals surface area (Å²) in [5.41, 5.74) is 2.40. The second-order valence-corrected chi connectivity index (χ2v) is 7.65. The molecule has 8 heteroatoms. The van der Waals surface area contributed by atoms with Gasteiger partial charge < -0.3 is 4.74 Å². The molecule has 0 spiro atoms. The van der Waals surface area contributed by atoms with Crippen molar-refractivity contribution in [1.82, 2.24) is 4.98 Å². The molecular weight excluding hydrogens is 426 g/mol. The Hall–Kier alpha value is -4.35. The highest BCUT2D eigenvalue weighted by molar-refractivity contribution is 7.13. The first-order valence-corrected chi connectivity index (χ1v) is 10.4. The largest absolute Gasteiger partial charge is 0.468 e. The fourth-order valence-electron chi connectivity index (χ4n) is 3.10. The van der Waals surface area contributed by atoms with Crippen LogP contribution in [0.4, 0.5) is 5.69 Å². The van der Waals surface area contributed by atoms with Crippen LogP contribution in [0.1, 0.15) is 15.9 Å². The standard InChI is InChI=1S/C24H15N3O4S/c25-14-20-19(23-7-4-12-32-23)13-21(16-8-10-18(11-9-16)27(29)30)26-24(20)31-15-22(28)17-5-2-1-3-6-17/h1-13H,15H2. The molecule has 0 saturated heterocycles. The van der Waals surface area contributed by atoms with Gasteiger partial charge in [0.1, 0.15) is 11.6 Å². The summed E-state index contributed by atoms with van der Waals surface area (Å²) in [7, 11) is 0. The molecule has 0 N–H and O–H groups in total. The number of nitro benzene ring substituents is 1. The van der Waals surface area contributed by atoms with Gasteiger partial charge in [-0.1, -0.05) is 36.4 Å². The van der Waals surface area contributed by atoms with Crippen molar-refractivity contribution in [2.75, 3.05) is 6.61 Å². The molecule has 7 nitrogen and oxygen atoms in total. The first-order chi connectivity index (χ1) is 15.6. The van der Waals surface area contributed by atoms with Crippen molar-refractivity contribution in [3.05, 3.63) is 99.4 Å². The molecule has 32 heavy (non-hydrogen) atoms. The van der Waals surface area contributed by atoms with Gasteiger partial charge in [0.15, 0.2) is 12.4 Å². The first kappa shape index (κ1) is 20.9. The Kier molecular flexibility index (Phi) is 6.01. The average Bonchev–Trinajstić information content (AvgIpc) is 3.37. The fraction of sp³-hybridized carbons (Fsp3) is 0.0417. The second kappa shape index (κ2) is 9.20. The molecule has 156 valence electrons. The zero-order valence-electron chi connectivity index (χ0n) is 16.6. The molecule has 2 aromatic heterocycles. The number of thiophene rings is 1. The van der Waals surface area contributed by atoms with Crippen molar-refractivity contribution < 1.29 is 14.5 Å². The molecule has 2 aromatic carbocycles. The minimum atomic E-state index is -0.475. The van der Waals surface area contributed by atoms with E-state index in [1.165, 1.54) is 23.5 Å². The van der Waals surface area contributed by atoms with Gasteiger partial charge in [-0.25, -0.2) is 4.98 Å². The fourth-order valence-corrected chi connectivity index (χ4v) is 3.85. The highest BCUT2D eigenvalue weighted by Gasteiger charge is 2.19. The molecule has 0 aliphatic rings. The Morgan fingerprint density at radius 3 is 2.47 bits per heavy atom. The topological polar surface area (TPSA) is 106 Å². The predicted molar refractivity (Wildman–Crippen MR) is 121 cm³/mol. The highest BCUT2D eigenvalue weighted by Crippen LogP contribution is 2.36. The summed E-state index contributed by atoms with van der Waals surface area (Å²) < 4.78 is 5.72. The Morgan fingerprint density at radius 1 is 1.09 bits per heavy atom. The van der Waals surface area contributed by atoms with Crippen molar-refractivity contribution in [2.45, 2.75) is 0 Å². The third-order valence-electron chi connectivity index (χ3n) is 4.69. The SMILES string of the molecule is N#Cc1c(-c2cccs2)cc(-c2ccc([N+](=O)[O-])cc2)nc1OCC(=O)c1ccccc1. The number of nitriles is 1. The maximum absolute atomic E-state index is 12.5. The Bertz CT molecular complexity index is 1310. The van der Waals surface area contributed by atoms with Crippen molar-refractivity contribution >= 4 is 22.8 Å². The van der Waals surface area contributed by atoms with Crippen LogP contribution in [-0.2, 0) is 0 Å². The Morgan fingerprint density at radius 2 is 1.84 bits per heavy atom. The number of rotatable bonds is 7. The van der Waals surface area contributed by atoms with Gasteiger partial charge >= 0.3 is 0 Å². The molecule has 0 fully saturated rings. The van der Waals surface area contributed by atoms with Gasteiger partial charge in [0.25, 0.3) is 5.69 Å². The van der Waals surface area contributed by atoms with Gasteiger partial charge in [0.2, 0.25) is 5.88 Å². The molecule has 4 rings (SSSR count). The number of ether oxygens (including phenoxy) is 1. The van der Waals surface area contributed by atoms with Gasteiger partial charge in [-0.3, -0.25) is 14.9 Å². The molecule has 0 atom stereocenters. The molecule has 0 aliphatic carbocycles. The molecule has 0 aliphatic heterocycles. The minimum Gasteiger partial charge on any atom is -0.468 e. The quantitative estimate of drug-likeness (QED) is 0.212. The number of hydrogen-bond acceptors (Lipinski definition) is 7. The summed E-state index contributed by atoms with van der Waals surface area (Å²) in [5.74, 6) is -0.203. The van der Waals surface area contributed by atoms with Crippen LogP contribution in [-0.4, -0.2) is 22.3 Å². The van der Waals surface area contributed by atoms with Crippen LogP contribution >= 0.6 is 11.3 Å². The van der Waals surface area contributed by atoms with Crippen molar-refractivity contribution in [3.8, 4) is 33.6 Å². The van der Waals surface area contributed by atoms with E-state index in [-0.39, 0.29) is 29.5 Å². The number of carbonyl (C=O) groups is 1. The predicted octanol–water partition coefficient (Wildman–Crippen LogP) is 5.52. The van der Waals surface area contributed by atoms with Crippen LogP contribution < -0.4 is 4.74 Å². The molecule has 4 aromatic rings. The second-order valence-electron chi connectivity index (χ2n) is 6.71. The maximum atomic E-state index is 12.5. The Labute approximate surface area is 187 Å². The molecule has 2 heterocycles. The number of hydrogen-bond donors (Lipinski definition) is 0. The van der Waals surface area contributed by atoms with Crippen LogP contribution in [0.3, 0.4) is 0 Å². The number of nitrogens with zero attached hydrogens (tertiary/aromatic N) is 3. The molecule has 0 amide bonds. The number of Topliss-reactive ketones (excluding diaryl/α,β-unsaturated/α-hetero) is 1. The lowest BCUT2D eigenvalue weighted by Gasteiger charge is -2.12. The van der Waals surface area contributed by atoms with Crippen LogP contribution in [0.15, 0.2) is 78.2 Å². The van der Waals surface area contributed by atoms with E-state index in [4.69, 9.17) is 4.74 Å². The van der Waals surface area contributed by atoms with Crippen LogP contribution in [0, 0.1) is 21.4 Å². The number of nitro groups is 1. The zero-order valence-corrected chi connectivity index (χ0v) is 17.4. The monoisotopic (exact) mass is 441 g/mol. The van der Waals surface area contributed by atoms with Gasteiger partial charge in [-0.15, -0.1) is 11.3 Å². The normalized spacial score (nSPS) is 10.3. The van der Waals surface area contributed by atoms with Crippen molar-refractivity contribution in [2.24, 2.45) is 0 Å². The van der Waals surface area contributed by atoms with E-state index >= 15 is 0 Å². The van der Waals surface area contributed by atoms with E-state index in [0.717, 1.165) is 4.88 Å². The highest BCUT2D eigenvalue weighted by atomic mass is 32.1. The number of carbonyl (C=O) groups excluding carboxylic acids is 1. The summed E-state index contributed by atoms with van der Waals surface area (Å²) >= 11 is 1.46. The summed E-state index contributed by atoms with van der Waals surface area (Å²) in [6.45, 7) is -0.278. The summed E-state index contributed by atoms with van der Waals surface area (Å²) in [5, 5.41) is 22.7. The van der Waals surface area contributed by atoms with Gasteiger partial charge in [-0.2, -0.15) is 5.26 Å². The summed E-state index contributed by atoms with van der Waals surface area (Å²) in [6.07, 6.45) is 0. The number of aromatic nitrogens is 1. The van der Waals surface area contributed by atoms with Crippen LogP contribution in [0.25, 0.3) is 21.7 Å². The molecule has 0 bridgehead atoms. The average molecular weight is 441 g/mol. The van der Waals surface area contributed by atoms with E-state index < -0.39 is 4.92 Å². The zero-order chi connectivity index (χ0) is 22.5. The van der Waals surface area contributed by atoms with E-state index in [1.54, 1.807) is 42.5 Å². The van der Waals surface area contributed by atoms with E-state index in [9.17, 15) is 20.2 Å². The lowest BCUT2D eigenvalue weighted by atomic mass is 10.0. The van der Waals surface area contributed by atoms with E-state index in [1.807, 2.05) is 23.6 Å². The van der Waals surface area contributed by atoms with E-state index in [0.29, 0.717) is 22.4 Å². The number of pyridine rings is 1. The summed E-state index contributed by atoms with van der Waals surface area (Å²) in [6, 6.07) is 22.3. The number of ketones is 1. The van der Waals surface area contributed by atoms with Crippen molar-refractivity contribution in [3.63, 3.8) is 0 Å². The summed E-state index contributed by atoms with van der Waals surface area (Å²) in [4.78, 5) is 28.3. The third-order valence-corrected chi connectivity index (χ3v) is 5.60. The Balaban J connectivity index is 1.75. The molecular formula is C24H15N3O4S. The molecule has 0 unspecified atom stereocenters. The maximum Gasteiger partial charge on any atom is 0.269 e. The minimum absolute atomic E-state index is 0.0363. The van der Waals surface area contributed by atoms with Crippen LogP contribution in [0.5, 0.6) is 5.88 Å². The van der Waals surface area contributed by atoms with Crippen LogP contribution in [0.2, 0.25) is 0 Å². The van der Waals surface area contributed by atoms with Gasteiger partial charge in [-0.05, 0) is 29.6 Å². The molecule has 0 saturated carbocycles.